The van der Waals surface area contributed by atoms with Crippen LogP contribution >= 0.6 is 15.9 Å². The molecule has 2 heterocycles. The van der Waals surface area contributed by atoms with Gasteiger partial charge in [-0.15, -0.1) is 5.10 Å². The van der Waals surface area contributed by atoms with Gasteiger partial charge >= 0.3 is 0 Å². The van der Waals surface area contributed by atoms with E-state index >= 15 is 0 Å². The van der Waals surface area contributed by atoms with Crippen molar-refractivity contribution in [3.05, 3.63) is 77.7 Å². The van der Waals surface area contributed by atoms with Crippen molar-refractivity contribution in [3.8, 4) is 16.9 Å². The number of halogens is 1. The van der Waals surface area contributed by atoms with E-state index in [0.717, 1.165) is 27.1 Å². The van der Waals surface area contributed by atoms with Crippen molar-refractivity contribution in [1.29, 1.82) is 0 Å². The molecular formula is C18H13BrN6. The lowest BCUT2D eigenvalue weighted by Gasteiger charge is -2.08. The fraction of sp³-hybridized carbons (Fsp3) is 0. The molecule has 1 N–H and O–H groups in total. The molecule has 0 unspecified atom stereocenters. The molecule has 0 atom stereocenters. The molecule has 7 heteroatoms. The van der Waals surface area contributed by atoms with E-state index in [1.54, 1.807) is 23.3 Å². The van der Waals surface area contributed by atoms with Gasteiger partial charge in [-0.2, -0.15) is 0 Å². The van der Waals surface area contributed by atoms with E-state index in [4.69, 9.17) is 0 Å². The van der Waals surface area contributed by atoms with E-state index < -0.39 is 0 Å². The Kier molecular flexibility index (Phi) is 4.22. The van der Waals surface area contributed by atoms with E-state index in [2.05, 4.69) is 41.5 Å². The van der Waals surface area contributed by atoms with Gasteiger partial charge in [0.2, 0.25) is 5.95 Å². The summed E-state index contributed by atoms with van der Waals surface area (Å²) in [4.78, 5) is 8.87. The summed E-state index contributed by atoms with van der Waals surface area (Å²) in [7, 11) is 0. The zero-order valence-corrected chi connectivity index (χ0v) is 14.6. The van der Waals surface area contributed by atoms with Crippen molar-refractivity contribution >= 4 is 27.6 Å². The monoisotopic (exact) mass is 392 g/mol. The van der Waals surface area contributed by atoms with Crippen molar-refractivity contribution < 1.29 is 0 Å². The first kappa shape index (κ1) is 15.5. The number of rotatable bonds is 4. The zero-order valence-electron chi connectivity index (χ0n) is 13.0. The highest BCUT2D eigenvalue weighted by Gasteiger charge is 2.04. The minimum absolute atomic E-state index is 0.550. The molecule has 0 radical (unpaired) electrons. The van der Waals surface area contributed by atoms with E-state index in [1.807, 2.05) is 54.6 Å². The molecule has 122 valence electrons. The maximum atomic E-state index is 4.58. The average Bonchev–Trinajstić information content (AvgIpc) is 3.18. The fourth-order valence-electron chi connectivity index (χ4n) is 2.37. The molecule has 0 saturated carbocycles. The molecule has 0 aliphatic rings. The second-order valence-corrected chi connectivity index (χ2v) is 6.21. The van der Waals surface area contributed by atoms with Gasteiger partial charge < -0.3 is 5.32 Å². The summed E-state index contributed by atoms with van der Waals surface area (Å²) in [6.07, 6.45) is 5.19. The highest BCUT2D eigenvalue weighted by Crippen LogP contribution is 2.22. The second kappa shape index (κ2) is 6.82. The van der Waals surface area contributed by atoms with E-state index in [1.165, 1.54) is 0 Å². The van der Waals surface area contributed by atoms with Crippen LogP contribution in [-0.4, -0.2) is 25.0 Å². The fourth-order valence-corrected chi connectivity index (χ4v) is 2.64. The lowest BCUT2D eigenvalue weighted by atomic mass is 10.1. The molecule has 0 saturated heterocycles. The quantitative estimate of drug-likeness (QED) is 0.562. The molecule has 4 aromatic rings. The molecule has 6 nitrogen and oxygen atoms in total. The van der Waals surface area contributed by atoms with Crippen LogP contribution in [0.3, 0.4) is 0 Å². The highest BCUT2D eigenvalue weighted by molar-refractivity contribution is 9.10. The summed E-state index contributed by atoms with van der Waals surface area (Å²) < 4.78 is 2.74. The van der Waals surface area contributed by atoms with E-state index in [-0.39, 0.29) is 0 Å². The minimum Gasteiger partial charge on any atom is -0.324 e. The lowest BCUT2D eigenvalue weighted by molar-refractivity contribution is 0.803. The largest absolute Gasteiger partial charge is 0.324 e. The molecule has 25 heavy (non-hydrogen) atoms. The molecule has 0 fully saturated rings. The van der Waals surface area contributed by atoms with Gasteiger partial charge in [-0.1, -0.05) is 33.3 Å². The summed E-state index contributed by atoms with van der Waals surface area (Å²) in [5.74, 6) is 0.550. The number of hydrogen-bond donors (Lipinski definition) is 1. The Bertz CT molecular complexity index is 965. The summed E-state index contributed by atoms with van der Waals surface area (Å²) in [5.41, 5.74) is 3.74. The van der Waals surface area contributed by atoms with Crippen LogP contribution in [0.4, 0.5) is 11.6 Å². The van der Waals surface area contributed by atoms with Crippen LogP contribution < -0.4 is 5.32 Å². The number of aromatic nitrogens is 5. The Morgan fingerprint density at radius 1 is 0.880 bits per heavy atom. The van der Waals surface area contributed by atoms with Crippen LogP contribution in [0.5, 0.6) is 0 Å². The maximum Gasteiger partial charge on any atom is 0.227 e. The van der Waals surface area contributed by atoms with E-state index in [9.17, 15) is 0 Å². The Balaban J connectivity index is 1.55. The molecule has 4 rings (SSSR count). The van der Waals surface area contributed by atoms with Gasteiger partial charge in [0.05, 0.1) is 23.8 Å². The van der Waals surface area contributed by atoms with Crippen LogP contribution in [0.1, 0.15) is 0 Å². The van der Waals surface area contributed by atoms with Crippen molar-refractivity contribution in [1.82, 2.24) is 25.0 Å². The van der Waals surface area contributed by atoms with Gasteiger partial charge in [0, 0.05) is 21.9 Å². The smallest absolute Gasteiger partial charge is 0.227 e. The van der Waals surface area contributed by atoms with Crippen LogP contribution in [0.25, 0.3) is 16.9 Å². The van der Waals surface area contributed by atoms with Crippen LogP contribution in [0, 0.1) is 0 Å². The first-order valence-corrected chi connectivity index (χ1v) is 8.40. The van der Waals surface area contributed by atoms with E-state index in [0.29, 0.717) is 5.95 Å². The molecule has 0 amide bonds. The lowest BCUT2D eigenvalue weighted by Crippen LogP contribution is -1.99. The standard InChI is InChI=1S/C18H13BrN6/c19-14-3-1-13(2-4-14)17-9-10-20-18(23-17)22-15-5-7-16(8-6-15)25-12-11-21-24-25/h1-12H,(H,20,22,23). The Hall–Kier alpha value is -3.06. The van der Waals surface area contributed by atoms with Crippen molar-refractivity contribution in [2.24, 2.45) is 0 Å². The molecule has 2 aromatic heterocycles. The number of anilines is 2. The Morgan fingerprint density at radius 2 is 1.68 bits per heavy atom. The number of hydrogen-bond acceptors (Lipinski definition) is 5. The molecular weight excluding hydrogens is 380 g/mol. The average molecular weight is 393 g/mol. The predicted molar refractivity (Wildman–Crippen MR) is 99.8 cm³/mol. The molecule has 0 spiro atoms. The highest BCUT2D eigenvalue weighted by atomic mass is 79.9. The van der Waals surface area contributed by atoms with Crippen LogP contribution in [-0.2, 0) is 0 Å². The topological polar surface area (TPSA) is 68.5 Å². The van der Waals surface area contributed by atoms with Gasteiger partial charge in [-0.3, -0.25) is 0 Å². The summed E-state index contributed by atoms with van der Waals surface area (Å²) in [6, 6.07) is 17.7. The SMILES string of the molecule is Brc1ccc(-c2ccnc(Nc3ccc(-n4ccnn4)cc3)n2)cc1. The third-order valence-corrected chi connectivity index (χ3v) is 4.13. The zero-order chi connectivity index (χ0) is 17.1. The molecule has 0 aliphatic carbocycles. The Morgan fingerprint density at radius 3 is 2.40 bits per heavy atom. The second-order valence-electron chi connectivity index (χ2n) is 5.29. The molecule has 2 aromatic carbocycles. The summed E-state index contributed by atoms with van der Waals surface area (Å²) >= 11 is 3.44. The number of nitrogens with one attached hydrogen (secondary N) is 1. The predicted octanol–water partition coefficient (Wildman–Crippen LogP) is 4.23. The first-order chi connectivity index (χ1) is 12.3. The minimum atomic E-state index is 0.550. The van der Waals surface area contributed by atoms with Crippen molar-refractivity contribution in [2.75, 3.05) is 5.32 Å². The Labute approximate surface area is 152 Å². The van der Waals surface area contributed by atoms with Crippen LogP contribution in [0.15, 0.2) is 77.7 Å². The molecule has 0 bridgehead atoms. The van der Waals surface area contributed by atoms with Crippen molar-refractivity contribution in [3.63, 3.8) is 0 Å². The van der Waals surface area contributed by atoms with Gasteiger partial charge in [0.1, 0.15) is 0 Å². The van der Waals surface area contributed by atoms with Gasteiger partial charge in [0.15, 0.2) is 0 Å². The van der Waals surface area contributed by atoms with Crippen molar-refractivity contribution in [2.45, 2.75) is 0 Å². The summed E-state index contributed by atoms with van der Waals surface area (Å²) in [5, 5.41) is 11.0. The number of benzene rings is 2. The first-order valence-electron chi connectivity index (χ1n) is 7.61. The van der Waals surface area contributed by atoms with Crippen LogP contribution in [0.2, 0.25) is 0 Å². The summed E-state index contributed by atoms with van der Waals surface area (Å²) in [6.45, 7) is 0. The van der Waals surface area contributed by atoms with Gasteiger partial charge in [-0.25, -0.2) is 14.6 Å². The third-order valence-electron chi connectivity index (χ3n) is 3.61. The van der Waals surface area contributed by atoms with Gasteiger partial charge in [-0.05, 0) is 42.5 Å². The normalized spacial score (nSPS) is 10.6. The van der Waals surface area contributed by atoms with Gasteiger partial charge in [0.25, 0.3) is 0 Å². The molecule has 0 aliphatic heterocycles. The maximum absolute atomic E-state index is 4.58. The third kappa shape index (κ3) is 3.56. The number of nitrogens with zero attached hydrogens (tertiary/aromatic N) is 5.